The Bertz CT molecular complexity index is 444. The molecule has 0 aromatic carbocycles. The Morgan fingerprint density at radius 1 is 1.63 bits per heavy atom. The zero-order valence-electron chi connectivity index (χ0n) is 11.9. The summed E-state index contributed by atoms with van der Waals surface area (Å²) in [5, 5.41) is 2.77. The standard InChI is InChI=1S/C14H22N2O3/c1-11-5-8-19-12(11)9-16-7-4-6-14(16,10-18-3)13(17)15-2/h5,8H,4,6-7,9-10H2,1-3H3,(H,15,17). The van der Waals surface area contributed by atoms with E-state index in [4.69, 9.17) is 9.15 Å². The van der Waals surface area contributed by atoms with Crippen molar-refractivity contribution in [1.29, 1.82) is 0 Å². The minimum Gasteiger partial charge on any atom is -0.468 e. The maximum Gasteiger partial charge on any atom is 0.242 e. The van der Waals surface area contributed by atoms with Crippen LogP contribution in [0.2, 0.25) is 0 Å². The smallest absolute Gasteiger partial charge is 0.242 e. The molecule has 106 valence electrons. The summed E-state index contributed by atoms with van der Waals surface area (Å²) in [6.07, 6.45) is 3.51. The van der Waals surface area contributed by atoms with Crippen molar-refractivity contribution in [3.63, 3.8) is 0 Å². The largest absolute Gasteiger partial charge is 0.468 e. The Morgan fingerprint density at radius 2 is 2.42 bits per heavy atom. The lowest BCUT2D eigenvalue weighted by molar-refractivity contribution is -0.135. The van der Waals surface area contributed by atoms with Crippen LogP contribution >= 0.6 is 0 Å². The van der Waals surface area contributed by atoms with E-state index in [1.54, 1.807) is 20.4 Å². The third kappa shape index (κ3) is 2.53. The molecule has 0 radical (unpaired) electrons. The molecule has 2 rings (SSSR count). The summed E-state index contributed by atoms with van der Waals surface area (Å²) < 4.78 is 10.8. The highest BCUT2D eigenvalue weighted by molar-refractivity contribution is 5.86. The van der Waals surface area contributed by atoms with Gasteiger partial charge in [0.15, 0.2) is 0 Å². The molecule has 1 saturated heterocycles. The number of ether oxygens (including phenoxy) is 1. The second-order valence-corrected chi connectivity index (χ2v) is 5.10. The number of nitrogens with one attached hydrogen (secondary N) is 1. The first-order valence-electron chi connectivity index (χ1n) is 6.63. The zero-order valence-corrected chi connectivity index (χ0v) is 11.9. The molecule has 1 aromatic rings. The van der Waals surface area contributed by atoms with Gasteiger partial charge in [0.2, 0.25) is 5.91 Å². The number of nitrogens with zero attached hydrogens (tertiary/aromatic N) is 1. The summed E-state index contributed by atoms with van der Waals surface area (Å²) in [5.74, 6) is 0.947. The first-order valence-corrected chi connectivity index (χ1v) is 6.63. The molecule has 0 aliphatic carbocycles. The third-order valence-electron chi connectivity index (χ3n) is 3.96. The molecule has 1 aliphatic rings. The van der Waals surface area contributed by atoms with Crippen LogP contribution in [0.1, 0.15) is 24.2 Å². The van der Waals surface area contributed by atoms with Crippen LogP contribution in [-0.2, 0) is 16.1 Å². The van der Waals surface area contributed by atoms with Gasteiger partial charge in [-0.15, -0.1) is 0 Å². The highest BCUT2D eigenvalue weighted by atomic mass is 16.5. The number of carbonyl (C=O) groups is 1. The first kappa shape index (κ1) is 14.1. The lowest BCUT2D eigenvalue weighted by atomic mass is 9.95. The number of hydrogen-bond acceptors (Lipinski definition) is 4. The molecule has 19 heavy (non-hydrogen) atoms. The van der Waals surface area contributed by atoms with Gasteiger partial charge in [0.05, 0.1) is 19.4 Å². The van der Waals surface area contributed by atoms with Gasteiger partial charge in [0.25, 0.3) is 0 Å². The average molecular weight is 266 g/mol. The number of methoxy groups -OCH3 is 1. The van der Waals surface area contributed by atoms with E-state index >= 15 is 0 Å². The number of hydrogen-bond donors (Lipinski definition) is 1. The van der Waals surface area contributed by atoms with Crippen molar-refractivity contribution in [2.24, 2.45) is 0 Å². The quantitative estimate of drug-likeness (QED) is 0.873. The van der Waals surface area contributed by atoms with Crippen LogP contribution in [0.4, 0.5) is 0 Å². The van der Waals surface area contributed by atoms with Crippen LogP contribution in [0, 0.1) is 6.92 Å². The number of carbonyl (C=O) groups excluding carboxylic acids is 1. The minimum absolute atomic E-state index is 0.0241. The second kappa shape index (κ2) is 5.75. The number of furan rings is 1. The molecule has 1 fully saturated rings. The van der Waals surface area contributed by atoms with E-state index in [0.717, 1.165) is 30.7 Å². The van der Waals surface area contributed by atoms with Crippen molar-refractivity contribution in [3.8, 4) is 0 Å². The number of rotatable bonds is 5. The first-order chi connectivity index (χ1) is 9.14. The molecule has 1 amide bonds. The van der Waals surface area contributed by atoms with Crippen molar-refractivity contribution < 1.29 is 13.9 Å². The highest BCUT2D eigenvalue weighted by Gasteiger charge is 2.47. The molecule has 2 heterocycles. The van der Waals surface area contributed by atoms with Crippen molar-refractivity contribution in [2.75, 3.05) is 27.3 Å². The molecule has 0 saturated carbocycles. The van der Waals surface area contributed by atoms with E-state index in [1.165, 1.54) is 0 Å². The van der Waals surface area contributed by atoms with Crippen LogP contribution in [0.3, 0.4) is 0 Å². The number of aryl methyl sites for hydroxylation is 1. The number of likely N-dealkylation sites (tertiary alicyclic amines) is 1. The Balaban J connectivity index is 2.22. The van der Waals surface area contributed by atoms with E-state index in [1.807, 2.05) is 13.0 Å². The third-order valence-corrected chi connectivity index (χ3v) is 3.96. The van der Waals surface area contributed by atoms with E-state index < -0.39 is 5.54 Å². The van der Waals surface area contributed by atoms with Gasteiger partial charge in [0, 0.05) is 14.2 Å². The molecular formula is C14H22N2O3. The molecule has 1 unspecified atom stereocenters. The monoisotopic (exact) mass is 266 g/mol. The van der Waals surface area contributed by atoms with Crippen LogP contribution < -0.4 is 5.32 Å². The van der Waals surface area contributed by atoms with Gasteiger partial charge < -0.3 is 14.5 Å². The average Bonchev–Trinajstić information content (AvgIpc) is 2.98. The van der Waals surface area contributed by atoms with Crippen molar-refractivity contribution in [2.45, 2.75) is 31.8 Å². The Hall–Kier alpha value is -1.33. The summed E-state index contributed by atoms with van der Waals surface area (Å²) in [7, 11) is 3.31. The summed E-state index contributed by atoms with van der Waals surface area (Å²) in [6, 6.07) is 1.95. The molecule has 5 nitrogen and oxygen atoms in total. The fourth-order valence-electron chi connectivity index (χ4n) is 2.86. The summed E-state index contributed by atoms with van der Waals surface area (Å²) >= 11 is 0. The van der Waals surface area contributed by atoms with Gasteiger partial charge in [-0.05, 0) is 37.9 Å². The molecule has 1 N–H and O–H groups in total. The van der Waals surface area contributed by atoms with Gasteiger partial charge >= 0.3 is 0 Å². The lowest BCUT2D eigenvalue weighted by Crippen LogP contribution is -2.57. The minimum atomic E-state index is -0.567. The molecular weight excluding hydrogens is 244 g/mol. The summed E-state index contributed by atoms with van der Waals surface area (Å²) in [4.78, 5) is 14.5. The van der Waals surface area contributed by atoms with Gasteiger partial charge in [-0.3, -0.25) is 9.69 Å². The fraction of sp³-hybridized carbons (Fsp3) is 0.643. The maximum atomic E-state index is 12.3. The van der Waals surface area contributed by atoms with Crippen molar-refractivity contribution >= 4 is 5.91 Å². The Kier molecular flexibility index (Phi) is 4.27. The fourth-order valence-corrected chi connectivity index (χ4v) is 2.86. The summed E-state index contributed by atoms with van der Waals surface area (Å²) in [6.45, 7) is 3.96. The normalized spacial score (nSPS) is 23.7. The van der Waals surface area contributed by atoms with Crippen LogP contribution in [-0.4, -0.2) is 43.7 Å². The van der Waals surface area contributed by atoms with Crippen LogP contribution in [0.15, 0.2) is 16.7 Å². The molecule has 0 spiro atoms. The molecule has 5 heteroatoms. The van der Waals surface area contributed by atoms with E-state index in [2.05, 4.69) is 10.2 Å². The lowest BCUT2D eigenvalue weighted by Gasteiger charge is -2.35. The predicted molar refractivity (Wildman–Crippen MR) is 71.8 cm³/mol. The Labute approximate surface area is 113 Å². The van der Waals surface area contributed by atoms with Crippen LogP contribution in [0.5, 0.6) is 0 Å². The molecule has 1 aromatic heterocycles. The predicted octanol–water partition coefficient (Wildman–Crippen LogP) is 1.32. The number of amides is 1. The van der Waals surface area contributed by atoms with Gasteiger partial charge in [-0.2, -0.15) is 0 Å². The Morgan fingerprint density at radius 3 is 3.00 bits per heavy atom. The van der Waals surface area contributed by atoms with Crippen LogP contribution in [0.25, 0.3) is 0 Å². The van der Waals surface area contributed by atoms with Crippen molar-refractivity contribution in [3.05, 3.63) is 23.7 Å². The van der Waals surface area contributed by atoms with Gasteiger partial charge in [-0.25, -0.2) is 0 Å². The topological polar surface area (TPSA) is 54.7 Å². The molecule has 1 aliphatic heterocycles. The van der Waals surface area contributed by atoms with E-state index in [0.29, 0.717) is 13.2 Å². The number of likely N-dealkylation sites (N-methyl/N-ethyl adjacent to an activating group) is 1. The van der Waals surface area contributed by atoms with Gasteiger partial charge in [0.1, 0.15) is 11.3 Å². The maximum absolute atomic E-state index is 12.3. The SMILES string of the molecule is CNC(=O)C1(COC)CCCN1Cc1occc1C. The van der Waals surface area contributed by atoms with Crippen molar-refractivity contribution in [1.82, 2.24) is 10.2 Å². The van der Waals surface area contributed by atoms with Gasteiger partial charge in [-0.1, -0.05) is 0 Å². The molecule has 1 atom stereocenters. The van der Waals surface area contributed by atoms with E-state index in [9.17, 15) is 4.79 Å². The van der Waals surface area contributed by atoms with E-state index in [-0.39, 0.29) is 5.91 Å². The zero-order chi connectivity index (χ0) is 13.9. The second-order valence-electron chi connectivity index (χ2n) is 5.10. The molecule has 0 bridgehead atoms. The highest BCUT2D eigenvalue weighted by Crippen LogP contribution is 2.32. The summed E-state index contributed by atoms with van der Waals surface area (Å²) in [5.41, 5.74) is 0.554.